The van der Waals surface area contributed by atoms with Gasteiger partial charge in [0.05, 0.1) is 6.61 Å². The molecule has 1 aromatic rings. The molecule has 2 heterocycles. The Morgan fingerprint density at radius 2 is 2.24 bits per heavy atom. The lowest BCUT2D eigenvalue weighted by atomic mass is 10.2. The van der Waals surface area contributed by atoms with Gasteiger partial charge in [0.25, 0.3) is 5.56 Å². The Balaban J connectivity index is 2.35. The van der Waals surface area contributed by atoms with Crippen molar-refractivity contribution in [2.45, 2.75) is 24.6 Å². The largest absolute Gasteiger partial charge is 0.394 e. The molecule has 17 heavy (non-hydrogen) atoms. The standard InChI is InChI=1S/C9H11FN2O5/c10-6-7(15)4(3-13)17-8(6)12-2-1-5(14)11-9(12)16/h1-2,4,6-8,13,15H,3H2,(H,11,14,16)/t4-,6+,7+,8-/m1/s1/i9+1,11+1,12+1. The van der Waals surface area contributed by atoms with Crippen molar-refractivity contribution in [3.63, 3.8) is 0 Å². The predicted octanol–water partition coefficient (Wildman–Crippen LogP) is -1.87. The summed E-state index contributed by atoms with van der Waals surface area (Å²) in [5, 5.41) is 18.2. The van der Waals surface area contributed by atoms with Crippen LogP contribution in [0.5, 0.6) is 0 Å². The van der Waals surface area contributed by atoms with Crippen LogP contribution < -0.4 is 11.2 Å². The zero-order chi connectivity index (χ0) is 12.6. The average Bonchev–Trinajstić information content (AvgIpc) is 2.57. The topological polar surface area (TPSA) is 105 Å². The van der Waals surface area contributed by atoms with E-state index in [2.05, 4.69) is 0 Å². The SMILES string of the molecule is O=c1cc[15n]([C@@H]2O[C@H](CO)[C@H](O)[C@@H]2F)[13c](=O)[15nH]1. The molecule has 1 aromatic heterocycles. The molecule has 94 valence electrons. The third-order valence-electron chi connectivity index (χ3n) is 2.60. The number of alkyl halides is 1. The monoisotopic (exact) mass is 249 g/mol. The Morgan fingerprint density at radius 1 is 1.53 bits per heavy atom. The maximum atomic E-state index is 13.6. The van der Waals surface area contributed by atoms with Gasteiger partial charge in [-0.3, -0.25) is 14.3 Å². The Labute approximate surface area is 94.1 Å². The Bertz CT molecular complexity index is 513. The molecular formula is C9H11FN2O5. The van der Waals surface area contributed by atoms with E-state index in [0.29, 0.717) is 0 Å². The van der Waals surface area contributed by atoms with Crippen molar-refractivity contribution in [3.8, 4) is 0 Å². The second kappa shape index (κ2) is 4.40. The number of hydrogen-bond acceptors (Lipinski definition) is 5. The van der Waals surface area contributed by atoms with E-state index >= 15 is 0 Å². The number of hydrogen-bond donors (Lipinski definition) is 3. The maximum absolute atomic E-state index is 13.6. The van der Waals surface area contributed by atoms with Crippen LogP contribution >= 0.6 is 0 Å². The van der Waals surface area contributed by atoms with Gasteiger partial charge >= 0.3 is 5.69 Å². The van der Waals surface area contributed by atoms with Gasteiger partial charge in [-0.1, -0.05) is 0 Å². The predicted molar refractivity (Wildman–Crippen MR) is 53.2 cm³/mol. The number of aliphatic hydroxyl groups excluding tert-OH is 2. The Morgan fingerprint density at radius 3 is 2.76 bits per heavy atom. The van der Waals surface area contributed by atoms with Gasteiger partial charge in [0.2, 0.25) is 0 Å². The Hall–Kier alpha value is -1.51. The van der Waals surface area contributed by atoms with Crippen LogP contribution in [0.15, 0.2) is 21.9 Å². The van der Waals surface area contributed by atoms with E-state index in [4.69, 9.17) is 9.84 Å². The van der Waals surface area contributed by atoms with Gasteiger partial charge in [0.15, 0.2) is 12.4 Å². The molecule has 2 rings (SSSR count). The molecule has 0 amide bonds. The van der Waals surface area contributed by atoms with Crippen molar-refractivity contribution in [1.29, 1.82) is 0 Å². The number of nitrogens with zero attached hydrogens (tertiary/aromatic N) is 1. The summed E-state index contributed by atoms with van der Waals surface area (Å²) in [6.07, 6.45) is -4.73. The molecule has 1 fully saturated rings. The quantitative estimate of drug-likeness (QED) is 0.569. The summed E-state index contributed by atoms with van der Waals surface area (Å²) in [4.78, 5) is 24.2. The molecule has 4 atom stereocenters. The van der Waals surface area contributed by atoms with Crippen LogP contribution in [0.1, 0.15) is 6.23 Å². The normalized spacial score (nSPS) is 32.9. The number of ether oxygens (including phenoxy) is 1. The lowest BCUT2D eigenvalue weighted by Crippen LogP contribution is -2.35. The Kier molecular flexibility index (Phi) is 3.09. The summed E-state index contributed by atoms with van der Waals surface area (Å²) in [5.41, 5.74) is -1.45. The number of halogens is 1. The van der Waals surface area contributed by atoms with E-state index in [9.17, 15) is 19.1 Å². The number of aromatic nitrogens is 2. The molecule has 0 aromatic carbocycles. The van der Waals surface area contributed by atoms with E-state index in [-0.39, 0.29) is 0 Å². The van der Waals surface area contributed by atoms with Gasteiger partial charge in [0, 0.05) is 12.3 Å². The summed E-state index contributed by atoms with van der Waals surface area (Å²) in [6.45, 7) is -0.559. The molecular weight excluding hydrogens is 238 g/mol. The molecule has 0 unspecified atom stereocenters. The highest BCUT2D eigenvalue weighted by Crippen LogP contribution is 2.30. The smallest absolute Gasteiger partial charge is 0.330 e. The number of aromatic amines is 1. The van der Waals surface area contributed by atoms with Gasteiger partial charge in [-0.2, -0.15) is 0 Å². The van der Waals surface area contributed by atoms with Crippen molar-refractivity contribution in [2.75, 3.05) is 6.61 Å². The first-order valence-corrected chi connectivity index (χ1v) is 4.94. The van der Waals surface area contributed by atoms with Crippen LogP contribution in [0.2, 0.25) is 0 Å². The zero-order valence-electron chi connectivity index (χ0n) is 8.62. The van der Waals surface area contributed by atoms with E-state index < -0.39 is 42.5 Å². The summed E-state index contributed by atoms with van der Waals surface area (Å²) < 4.78 is 19.5. The first-order valence-electron chi connectivity index (χ1n) is 4.94. The van der Waals surface area contributed by atoms with Gasteiger partial charge in [-0.05, 0) is 0 Å². The lowest BCUT2D eigenvalue weighted by molar-refractivity contribution is -0.0491. The molecule has 0 radical (unpaired) electrons. The van der Waals surface area contributed by atoms with Crippen LogP contribution in [0.4, 0.5) is 4.39 Å². The third kappa shape index (κ3) is 2.02. The molecule has 0 bridgehead atoms. The van der Waals surface area contributed by atoms with Crippen LogP contribution in [0, 0.1) is 0 Å². The highest BCUT2D eigenvalue weighted by molar-refractivity contribution is 4.93. The van der Waals surface area contributed by atoms with E-state index in [0.717, 1.165) is 16.8 Å². The van der Waals surface area contributed by atoms with E-state index in [1.54, 1.807) is 0 Å². The second-order valence-corrected chi connectivity index (χ2v) is 3.70. The fourth-order valence-corrected chi connectivity index (χ4v) is 1.71. The third-order valence-corrected chi connectivity index (χ3v) is 2.60. The van der Waals surface area contributed by atoms with Crippen molar-refractivity contribution < 1.29 is 19.3 Å². The zero-order valence-corrected chi connectivity index (χ0v) is 8.62. The summed E-state index contributed by atoms with van der Waals surface area (Å²) in [7, 11) is 0. The van der Waals surface area contributed by atoms with Crippen molar-refractivity contribution in [2.24, 2.45) is 0 Å². The molecule has 1 aliphatic rings. The number of rotatable bonds is 2. The maximum Gasteiger partial charge on any atom is 0.330 e. The van der Waals surface area contributed by atoms with Crippen molar-refractivity contribution >= 4 is 0 Å². The highest BCUT2D eigenvalue weighted by atomic mass is 19.1. The van der Waals surface area contributed by atoms with Gasteiger partial charge < -0.3 is 14.9 Å². The molecule has 0 spiro atoms. The van der Waals surface area contributed by atoms with Crippen LogP contribution in [-0.2, 0) is 4.74 Å². The molecule has 0 aliphatic carbocycles. The van der Waals surface area contributed by atoms with Gasteiger partial charge in [-0.15, -0.1) is 0 Å². The van der Waals surface area contributed by atoms with E-state index in [1.807, 2.05) is 4.98 Å². The molecule has 0 saturated carbocycles. The van der Waals surface area contributed by atoms with Crippen LogP contribution in [-0.4, -0.2) is 44.8 Å². The molecule has 1 aliphatic heterocycles. The van der Waals surface area contributed by atoms with Crippen LogP contribution in [0.25, 0.3) is 0 Å². The highest BCUT2D eigenvalue weighted by Gasteiger charge is 2.45. The minimum atomic E-state index is -1.85. The lowest BCUT2D eigenvalue weighted by Gasteiger charge is -2.15. The average molecular weight is 249 g/mol. The second-order valence-electron chi connectivity index (χ2n) is 3.70. The summed E-state index contributed by atoms with van der Waals surface area (Å²) in [5.74, 6) is 0. The van der Waals surface area contributed by atoms with Gasteiger partial charge in [-0.25, -0.2) is 9.18 Å². The first-order chi connectivity index (χ1) is 8.04. The van der Waals surface area contributed by atoms with E-state index in [1.165, 1.54) is 0 Å². The van der Waals surface area contributed by atoms with Crippen molar-refractivity contribution in [1.82, 2.24) is 9.55 Å². The van der Waals surface area contributed by atoms with Gasteiger partial charge in [0.1, 0.15) is 12.2 Å². The minimum absolute atomic E-state index is 0.559. The fraction of sp³-hybridized carbons (Fsp3) is 0.556. The number of H-pyrrole nitrogens is 1. The first kappa shape index (κ1) is 12.0. The van der Waals surface area contributed by atoms with Crippen molar-refractivity contribution in [3.05, 3.63) is 33.1 Å². The molecule has 1 saturated heterocycles. The minimum Gasteiger partial charge on any atom is -0.394 e. The summed E-state index contributed by atoms with van der Waals surface area (Å²) >= 11 is 0. The molecule has 3 N–H and O–H groups in total. The fourth-order valence-electron chi connectivity index (χ4n) is 1.71. The number of aliphatic hydroxyl groups is 2. The molecule has 7 nitrogen and oxygen atoms in total. The van der Waals surface area contributed by atoms with Crippen LogP contribution in [0.3, 0.4) is 0 Å². The molecule has 8 heteroatoms. The number of nitrogens with one attached hydrogen (secondary N) is 1. The summed E-state index contributed by atoms with van der Waals surface area (Å²) in [6, 6.07) is 1.04.